The maximum atomic E-state index is 5.57. The average molecular weight is 247 g/mol. The first kappa shape index (κ1) is 11.8. The van der Waals surface area contributed by atoms with E-state index in [0.29, 0.717) is 0 Å². The largest absolute Gasteiger partial charge is 0.493 e. The number of likely N-dealkylation sites (tertiary alicyclic amines) is 1. The highest BCUT2D eigenvalue weighted by molar-refractivity contribution is 5.52. The van der Waals surface area contributed by atoms with Crippen LogP contribution in [0.4, 0.5) is 0 Å². The third-order valence-electron chi connectivity index (χ3n) is 4.60. The maximum absolute atomic E-state index is 5.57. The van der Waals surface area contributed by atoms with Gasteiger partial charge >= 0.3 is 0 Å². The molecule has 3 rings (SSSR count). The summed E-state index contributed by atoms with van der Waals surface area (Å²) in [5.41, 5.74) is 2.80. The zero-order valence-electron chi connectivity index (χ0n) is 11.4. The fourth-order valence-corrected chi connectivity index (χ4v) is 3.58. The molecule has 0 spiro atoms. The molecule has 0 aromatic heterocycles. The third kappa shape index (κ3) is 1.69. The van der Waals surface area contributed by atoms with E-state index in [0.717, 1.165) is 36.3 Å². The maximum Gasteiger partial charge on any atom is 0.164 e. The summed E-state index contributed by atoms with van der Waals surface area (Å²) < 4.78 is 11.0. The summed E-state index contributed by atoms with van der Waals surface area (Å²) >= 11 is 0. The van der Waals surface area contributed by atoms with E-state index in [9.17, 15) is 0 Å². The Morgan fingerprint density at radius 2 is 2.00 bits per heavy atom. The highest BCUT2D eigenvalue weighted by atomic mass is 16.5. The van der Waals surface area contributed by atoms with E-state index in [1.165, 1.54) is 24.1 Å². The molecule has 0 saturated carbocycles. The van der Waals surface area contributed by atoms with Crippen molar-refractivity contribution in [3.05, 3.63) is 23.3 Å². The van der Waals surface area contributed by atoms with Gasteiger partial charge in [-0.25, -0.2) is 0 Å². The van der Waals surface area contributed by atoms with Crippen LogP contribution < -0.4 is 9.47 Å². The Morgan fingerprint density at radius 3 is 2.72 bits per heavy atom. The predicted molar refractivity (Wildman–Crippen MR) is 71.5 cm³/mol. The van der Waals surface area contributed by atoms with Crippen molar-refractivity contribution in [1.82, 2.24) is 4.90 Å². The van der Waals surface area contributed by atoms with Crippen molar-refractivity contribution >= 4 is 0 Å². The lowest BCUT2D eigenvalue weighted by Crippen LogP contribution is -2.35. The number of methoxy groups -OCH3 is 2. The molecule has 2 unspecified atom stereocenters. The van der Waals surface area contributed by atoms with Crippen molar-refractivity contribution in [2.45, 2.75) is 25.3 Å². The quantitative estimate of drug-likeness (QED) is 0.799. The van der Waals surface area contributed by atoms with Crippen LogP contribution in [0.5, 0.6) is 11.5 Å². The van der Waals surface area contributed by atoms with Gasteiger partial charge in [0.15, 0.2) is 11.5 Å². The molecule has 18 heavy (non-hydrogen) atoms. The number of nitrogens with zero attached hydrogens (tertiary/aromatic N) is 1. The molecule has 98 valence electrons. The van der Waals surface area contributed by atoms with Gasteiger partial charge in [0.1, 0.15) is 0 Å². The molecule has 1 aliphatic heterocycles. The normalized spacial score (nSPS) is 26.6. The molecular formula is C15H21NO2. The number of hydrogen-bond acceptors (Lipinski definition) is 3. The molecule has 3 nitrogen and oxygen atoms in total. The molecule has 1 aromatic carbocycles. The van der Waals surface area contributed by atoms with Gasteiger partial charge < -0.3 is 14.4 Å². The second-order valence-electron chi connectivity index (χ2n) is 5.44. The molecular weight excluding hydrogens is 226 g/mol. The molecule has 1 saturated heterocycles. The first-order valence-corrected chi connectivity index (χ1v) is 6.67. The monoisotopic (exact) mass is 247 g/mol. The van der Waals surface area contributed by atoms with Crippen molar-refractivity contribution in [2.24, 2.45) is 5.92 Å². The molecule has 1 aliphatic carbocycles. The van der Waals surface area contributed by atoms with E-state index in [4.69, 9.17) is 9.47 Å². The van der Waals surface area contributed by atoms with E-state index in [1.807, 2.05) is 6.07 Å². The molecule has 2 atom stereocenters. The minimum absolute atomic E-state index is 0.718. The van der Waals surface area contributed by atoms with E-state index in [-0.39, 0.29) is 0 Å². The second kappa shape index (κ2) is 4.47. The lowest BCUT2D eigenvalue weighted by molar-refractivity contribution is 0.255. The van der Waals surface area contributed by atoms with Gasteiger partial charge in [-0.1, -0.05) is 6.07 Å². The van der Waals surface area contributed by atoms with Gasteiger partial charge in [-0.15, -0.1) is 0 Å². The van der Waals surface area contributed by atoms with Crippen LogP contribution in [0.15, 0.2) is 12.1 Å². The third-order valence-corrected chi connectivity index (χ3v) is 4.60. The average Bonchev–Trinajstić information content (AvgIpc) is 2.76. The molecule has 1 heterocycles. The number of fused-ring (bicyclic) bond motifs is 2. The lowest BCUT2D eigenvalue weighted by atomic mass is 9.80. The molecule has 0 bridgehead atoms. The van der Waals surface area contributed by atoms with E-state index < -0.39 is 0 Å². The first-order valence-electron chi connectivity index (χ1n) is 6.67. The molecule has 1 aromatic rings. The van der Waals surface area contributed by atoms with Crippen LogP contribution in [-0.4, -0.2) is 38.8 Å². The van der Waals surface area contributed by atoms with Crippen LogP contribution >= 0.6 is 0 Å². The van der Waals surface area contributed by atoms with Gasteiger partial charge in [0.25, 0.3) is 0 Å². The van der Waals surface area contributed by atoms with E-state index in [1.54, 1.807) is 14.2 Å². The highest BCUT2D eigenvalue weighted by Crippen LogP contribution is 2.42. The first-order chi connectivity index (χ1) is 8.74. The summed E-state index contributed by atoms with van der Waals surface area (Å²) in [5, 5.41) is 0. The number of ether oxygens (including phenoxy) is 2. The van der Waals surface area contributed by atoms with Gasteiger partial charge in [0.2, 0.25) is 0 Å². The van der Waals surface area contributed by atoms with Gasteiger partial charge in [0.05, 0.1) is 14.2 Å². The second-order valence-corrected chi connectivity index (χ2v) is 5.44. The smallest absolute Gasteiger partial charge is 0.164 e. The SMILES string of the molecule is COc1ccc2c(c1OC)CC1CCN(C)C1C2. The molecule has 0 amide bonds. The van der Waals surface area contributed by atoms with Gasteiger partial charge in [-0.3, -0.25) is 0 Å². The standard InChI is InChI=1S/C15H21NO2/c1-16-7-6-11-8-12-10(9-13(11)16)4-5-14(17-2)15(12)18-3/h4-5,11,13H,6-9H2,1-3H3. The summed E-state index contributed by atoms with van der Waals surface area (Å²) in [5.74, 6) is 2.59. The number of benzene rings is 1. The van der Waals surface area contributed by atoms with Crippen molar-refractivity contribution in [3.8, 4) is 11.5 Å². The Labute approximate surface area is 109 Å². The van der Waals surface area contributed by atoms with Crippen LogP contribution in [0.3, 0.4) is 0 Å². The predicted octanol–water partition coefficient (Wildman–Crippen LogP) is 2.12. The van der Waals surface area contributed by atoms with Gasteiger partial charge in [-0.2, -0.15) is 0 Å². The Hall–Kier alpha value is -1.22. The van der Waals surface area contributed by atoms with Crippen molar-refractivity contribution < 1.29 is 9.47 Å². The Bertz CT molecular complexity index is 458. The topological polar surface area (TPSA) is 21.7 Å². The highest BCUT2D eigenvalue weighted by Gasteiger charge is 2.37. The van der Waals surface area contributed by atoms with Crippen molar-refractivity contribution in [3.63, 3.8) is 0 Å². The summed E-state index contributed by atoms with van der Waals surface area (Å²) in [7, 11) is 5.70. The molecule has 0 radical (unpaired) electrons. The van der Waals surface area contributed by atoms with Crippen LogP contribution in [0.25, 0.3) is 0 Å². The Balaban J connectivity index is 2.01. The van der Waals surface area contributed by atoms with Crippen LogP contribution in [0.2, 0.25) is 0 Å². The molecule has 3 heteroatoms. The molecule has 0 N–H and O–H groups in total. The van der Waals surface area contributed by atoms with E-state index >= 15 is 0 Å². The Morgan fingerprint density at radius 1 is 1.17 bits per heavy atom. The zero-order chi connectivity index (χ0) is 12.7. The van der Waals surface area contributed by atoms with Crippen molar-refractivity contribution in [1.29, 1.82) is 0 Å². The summed E-state index contributed by atoms with van der Waals surface area (Å²) in [6, 6.07) is 4.96. The van der Waals surface area contributed by atoms with Crippen LogP contribution in [0, 0.1) is 5.92 Å². The number of hydrogen-bond donors (Lipinski definition) is 0. The van der Waals surface area contributed by atoms with Crippen LogP contribution in [-0.2, 0) is 12.8 Å². The van der Waals surface area contributed by atoms with Gasteiger partial charge in [0, 0.05) is 11.6 Å². The van der Waals surface area contributed by atoms with Gasteiger partial charge in [-0.05, 0) is 50.4 Å². The Kier molecular flexibility index (Phi) is 2.94. The van der Waals surface area contributed by atoms with Crippen LogP contribution in [0.1, 0.15) is 17.5 Å². The number of rotatable bonds is 2. The fourth-order valence-electron chi connectivity index (χ4n) is 3.58. The zero-order valence-corrected chi connectivity index (χ0v) is 11.4. The summed E-state index contributed by atoms with van der Waals surface area (Å²) in [6.07, 6.45) is 3.59. The minimum atomic E-state index is 0.718. The lowest BCUT2D eigenvalue weighted by Gasteiger charge is -2.32. The minimum Gasteiger partial charge on any atom is -0.493 e. The molecule has 2 aliphatic rings. The molecule has 1 fully saturated rings. The number of likely N-dealkylation sites (N-methyl/N-ethyl adjacent to an activating group) is 1. The fraction of sp³-hybridized carbons (Fsp3) is 0.600. The summed E-state index contributed by atoms with van der Waals surface area (Å²) in [4.78, 5) is 2.50. The van der Waals surface area contributed by atoms with E-state index in [2.05, 4.69) is 18.0 Å². The summed E-state index contributed by atoms with van der Waals surface area (Å²) in [6.45, 7) is 1.22. The van der Waals surface area contributed by atoms with Crippen molar-refractivity contribution in [2.75, 3.05) is 27.8 Å².